The van der Waals surface area contributed by atoms with Gasteiger partial charge in [-0.15, -0.1) is 5.10 Å². The van der Waals surface area contributed by atoms with E-state index in [1.807, 2.05) is 47.1 Å². The van der Waals surface area contributed by atoms with E-state index in [-0.39, 0.29) is 18.0 Å². The van der Waals surface area contributed by atoms with Gasteiger partial charge in [0.25, 0.3) is 0 Å². The molecule has 3 aromatic rings. The van der Waals surface area contributed by atoms with Gasteiger partial charge in [0.2, 0.25) is 11.9 Å². The van der Waals surface area contributed by atoms with Crippen molar-refractivity contribution >= 4 is 23.5 Å². The molecule has 1 aliphatic rings. The molecule has 0 radical (unpaired) electrons. The number of fused-ring (bicyclic) bond motifs is 1. The van der Waals surface area contributed by atoms with Gasteiger partial charge in [-0.25, -0.2) is 4.68 Å². The number of halogens is 1. The summed E-state index contributed by atoms with van der Waals surface area (Å²) in [5.74, 6) is 1.75. The average molecular weight is 356 g/mol. The molecular formula is C18H18ClN5O. The Morgan fingerprint density at radius 3 is 2.76 bits per heavy atom. The van der Waals surface area contributed by atoms with Crippen molar-refractivity contribution in [2.45, 2.75) is 18.5 Å². The quantitative estimate of drug-likeness (QED) is 0.749. The Hall–Kier alpha value is -2.73. The van der Waals surface area contributed by atoms with Gasteiger partial charge in [-0.1, -0.05) is 35.9 Å². The molecule has 0 amide bonds. The summed E-state index contributed by atoms with van der Waals surface area (Å²) in [4.78, 5) is 4.32. The monoisotopic (exact) mass is 355 g/mol. The summed E-state index contributed by atoms with van der Waals surface area (Å²) in [6.07, 6.45) is 0.810. The molecule has 6 nitrogen and oxygen atoms in total. The van der Waals surface area contributed by atoms with Crippen molar-refractivity contribution in [1.29, 1.82) is 0 Å². The first-order valence-corrected chi connectivity index (χ1v) is 8.40. The maximum atomic E-state index is 6.03. The lowest BCUT2D eigenvalue weighted by atomic mass is 9.93. The Labute approximate surface area is 150 Å². The number of hydrogen-bond donors (Lipinski definition) is 2. The van der Waals surface area contributed by atoms with Crippen LogP contribution in [-0.4, -0.2) is 21.9 Å². The Morgan fingerprint density at radius 2 is 2.00 bits per heavy atom. The van der Waals surface area contributed by atoms with Crippen LogP contribution in [0.2, 0.25) is 5.02 Å². The maximum Gasteiger partial charge on any atom is 0.241 e. The summed E-state index contributed by atoms with van der Waals surface area (Å²) in [5, 5.41) is 8.49. The maximum absolute atomic E-state index is 6.03. The first-order chi connectivity index (χ1) is 12.1. The topological polar surface area (TPSA) is 78.0 Å². The largest absolute Gasteiger partial charge is 0.497 e. The molecule has 0 bridgehead atoms. The van der Waals surface area contributed by atoms with Crippen molar-refractivity contribution in [3.63, 3.8) is 0 Å². The van der Waals surface area contributed by atoms with Crippen LogP contribution < -0.4 is 15.8 Å². The van der Waals surface area contributed by atoms with Gasteiger partial charge in [0, 0.05) is 5.02 Å². The van der Waals surface area contributed by atoms with Crippen LogP contribution in [0, 0.1) is 0 Å². The van der Waals surface area contributed by atoms with Crippen LogP contribution in [0.25, 0.3) is 0 Å². The lowest BCUT2D eigenvalue weighted by Gasteiger charge is -2.31. The molecule has 7 heteroatoms. The van der Waals surface area contributed by atoms with Crippen LogP contribution in [-0.2, 0) is 0 Å². The molecule has 1 aromatic heterocycles. The van der Waals surface area contributed by atoms with E-state index in [0.717, 1.165) is 23.3 Å². The summed E-state index contributed by atoms with van der Waals surface area (Å²) >= 11 is 6.03. The van der Waals surface area contributed by atoms with Gasteiger partial charge in [0.1, 0.15) is 5.75 Å². The van der Waals surface area contributed by atoms with Crippen LogP contribution in [0.1, 0.15) is 29.6 Å². The zero-order chi connectivity index (χ0) is 17.4. The second-order valence-electron chi connectivity index (χ2n) is 6.01. The summed E-state index contributed by atoms with van der Waals surface area (Å²) in [6, 6.07) is 15.9. The van der Waals surface area contributed by atoms with Crippen molar-refractivity contribution in [3.05, 3.63) is 64.7 Å². The van der Waals surface area contributed by atoms with Gasteiger partial charge in [-0.3, -0.25) is 0 Å². The van der Waals surface area contributed by atoms with Gasteiger partial charge < -0.3 is 15.8 Å². The van der Waals surface area contributed by atoms with Crippen LogP contribution in [0.3, 0.4) is 0 Å². The molecule has 4 rings (SSSR count). The lowest BCUT2D eigenvalue weighted by Crippen LogP contribution is -2.28. The van der Waals surface area contributed by atoms with E-state index < -0.39 is 0 Å². The molecule has 0 unspecified atom stereocenters. The average Bonchev–Trinajstić information content (AvgIpc) is 3.02. The highest BCUT2D eigenvalue weighted by atomic mass is 35.5. The molecule has 2 aromatic carbocycles. The smallest absolute Gasteiger partial charge is 0.241 e. The molecule has 0 saturated heterocycles. The van der Waals surface area contributed by atoms with E-state index in [0.29, 0.717) is 11.0 Å². The highest BCUT2D eigenvalue weighted by Crippen LogP contribution is 2.38. The number of methoxy groups -OCH3 is 1. The Bertz CT molecular complexity index is 893. The predicted octanol–water partition coefficient (Wildman–Crippen LogP) is 3.67. The van der Waals surface area contributed by atoms with Gasteiger partial charge >= 0.3 is 0 Å². The van der Waals surface area contributed by atoms with Gasteiger partial charge in [-0.2, -0.15) is 4.98 Å². The first kappa shape index (κ1) is 15.8. The van der Waals surface area contributed by atoms with Gasteiger partial charge in [0.05, 0.1) is 19.2 Å². The fourth-order valence-electron chi connectivity index (χ4n) is 3.23. The number of nitrogens with two attached hydrogens (primary N) is 1. The molecular weight excluding hydrogens is 338 g/mol. The molecule has 128 valence electrons. The Kier molecular flexibility index (Phi) is 3.97. The number of nitrogen functional groups attached to an aromatic ring is 1. The molecule has 0 fully saturated rings. The zero-order valence-electron chi connectivity index (χ0n) is 13.7. The van der Waals surface area contributed by atoms with E-state index in [2.05, 4.69) is 21.5 Å². The molecule has 3 N–H and O–H groups in total. The minimum atomic E-state index is 0.0227. The number of anilines is 2. The van der Waals surface area contributed by atoms with E-state index in [9.17, 15) is 0 Å². The van der Waals surface area contributed by atoms with E-state index >= 15 is 0 Å². The van der Waals surface area contributed by atoms with Crippen molar-refractivity contribution in [1.82, 2.24) is 14.8 Å². The number of aromatic nitrogens is 3. The minimum absolute atomic E-state index is 0.0227. The second kappa shape index (κ2) is 6.29. The first-order valence-electron chi connectivity index (χ1n) is 8.02. The molecule has 25 heavy (non-hydrogen) atoms. The fourth-order valence-corrected chi connectivity index (χ4v) is 3.36. The minimum Gasteiger partial charge on any atom is -0.497 e. The van der Waals surface area contributed by atoms with Crippen LogP contribution in [0.4, 0.5) is 11.9 Å². The summed E-state index contributed by atoms with van der Waals surface area (Å²) in [7, 11) is 1.67. The second-order valence-corrected chi connectivity index (χ2v) is 6.45. The van der Waals surface area contributed by atoms with Crippen LogP contribution in [0.15, 0.2) is 48.5 Å². The number of ether oxygens (including phenoxy) is 1. The summed E-state index contributed by atoms with van der Waals surface area (Å²) in [6.45, 7) is 0. The molecule has 2 heterocycles. The van der Waals surface area contributed by atoms with Crippen molar-refractivity contribution in [2.24, 2.45) is 0 Å². The van der Waals surface area contributed by atoms with Crippen molar-refractivity contribution in [3.8, 4) is 5.75 Å². The third kappa shape index (κ3) is 3.00. The molecule has 0 saturated carbocycles. The van der Waals surface area contributed by atoms with E-state index in [4.69, 9.17) is 22.1 Å². The Balaban J connectivity index is 1.74. The zero-order valence-corrected chi connectivity index (χ0v) is 14.4. The standard InChI is InChI=1S/C18H18ClN5O/c1-25-14-4-2-3-12(9-14)15-10-16(11-5-7-13(19)8-6-11)24-18(21-15)22-17(20)23-24/h2-9,15-16H,10H2,1H3,(H3,20,21,22,23)/t15-,16-/m1/s1. The molecule has 1 aliphatic heterocycles. The third-order valence-electron chi connectivity index (χ3n) is 4.46. The predicted molar refractivity (Wildman–Crippen MR) is 98.0 cm³/mol. The highest BCUT2D eigenvalue weighted by Gasteiger charge is 2.31. The number of benzene rings is 2. The number of hydrogen-bond acceptors (Lipinski definition) is 5. The lowest BCUT2D eigenvalue weighted by molar-refractivity contribution is 0.410. The van der Waals surface area contributed by atoms with Gasteiger partial charge in [-0.05, 0) is 41.8 Å². The van der Waals surface area contributed by atoms with Crippen molar-refractivity contribution in [2.75, 3.05) is 18.2 Å². The highest BCUT2D eigenvalue weighted by molar-refractivity contribution is 6.30. The number of rotatable bonds is 3. The van der Waals surface area contributed by atoms with Crippen LogP contribution >= 0.6 is 11.6 Å². The van der Waals surface area contributed by atoms with Gasteiger partial charge in [0.15, 0.2) is 0 Å². The molecule has 0 aliphatic carbocycles. The fraction of sp³-hybridized carbons (Fsp3) is 0.222. The summed E-state index contributed by atoms with van der Waals surface area (Å²) in [5.41, 5.74) is 8.07. The van der Waals surface area contributed by atoms with Crippen molar-refractivity contribution < 1.29 is 4.74 Å². The Morgan fingerprint density at radius 1 is 1.20 bits per heavy atom. The van der Waals surface area contributed by atoms with E-state index in [1.54, 1.807) is 7.11 Å². The van der Waals surface area contributed by atoms with Crippen LogP contribution in [0.5, 0.6) is 5.75 Å². The number of nitrogens with zero attached hydrogens (tertiary/aromatic N) is 3. The summed E-state index contributed by atoms with van der Waals surface area (Å²) < 4.78 is 7.19. The SMILES string of the molecule is COc1cccc([C@H]2C[C@H](c3ccc(Cl)cc3)n3nc(N)nc3N2)c1. The normalized spacial score (nSPS) is 19.1. The van der Waals surface area contributed by atoms with E-state index in [1.165, 1.54) is 0 Å². The third-order valence-corrected chi connectivity index (χ3v) is 4.71. The number of nitrogens with one attached hydrogen (secondary N) is 1. The molecule has 0 spiro atoms. The molecule has 2 atom stereocenters.